The molecule has 2 aliphatic rings. The molecule has 17 heavy (non-hydrogen) atoms. The highest BCUT2D eigenvalue weighted by Gasteiger charge is 2.53. The third kappa shape index (κ3) is 1.80. The van der Waals surface area contributed by atoms with Crippen molar-refractivity contribution in [2.45, 2.75) is 32.6 Å². The lowest BCUT2D eigenvalue weighted by atomic mass is 9.79. The lowest BCUT2D eigenvalue weighted by molar-refractivity contribution is 0.115. The summed E-state index contributed by atoms with van der Waals surface area (Å²) in [6.45, 7) is 2.21. The summed E-state index contributed by atoms with van der Waals surface area (Å²) in [5.41, 5.74) is 2.04. The minimum absolute atomic E-state index is 0.0669. The third-order valence-electron chi connectivity index (χ3n) is 4.60. The Morgan fingerprint density at radius 1 is 1.47 bits per heavy atom. The number of rotatable bonds is 3. The van der Waals surface area contributed by atoms with Crippen molar-refractivity contribution >= 4 is 11.6 Å². The van der Waals surface area contributed by atoms with Gasteiger partial charge in [0.15, 0.2) is 0 Å². The van der Waals surface area contributed by atoms with Gasteiger partial charge in [-0.05, 0) is 49.9 Å². The number of aliphatic hydroxyl groups is 1. The molecule has 1 aromatic rings. The minimum Gasteiger partial charge on any atom is -0.396 e. The van der Waals surface area contributed by atoms with Gasteiger partial charge in [0.2, 0.25) is 0 Å². The predicted octanol–water partition coefficient (Wildman–Crippen LogP) is 2.33. The number of hydrogen-bond acceptors (Lipinski definition) is 2. The van der Waals surface area contributed by atoms with E-state index in [-0.39, 0.29) is 12.0 Å². The van der Waals surface area contributed by atoms with Gasteiger partial charge >= 0.3 is 0 Å². The van der Waals surface area contributed by atoms with Crippen LogP contribution in [0.1, 0.15) is 30.7 Å². The second-order valence-corrected chi connectivity index (χ2v) is 6.35. The van der Waals surface area contributed by atoms with Gasteiger partial charge in [-0.1, -0.05) is 11.6 Å². The molecule has 2 atom stereocenters. The highest BCUT2D eigenvalue weighted by Crippen LogP contribution is 2.60. The average molecular weight is 255 g/mol. The lowest BCUT2D eigenvalue weighted by Gasteiger charge is -2.28. The monoisotopic (exact) mass is 254 g/mol. The molecule has 2 fully saturated rings. The summed E-state index contributed by atoms with van der Waals surface area (Å²) >= 11 is 6.29. The molecule has 2 saturated carbocycles. The van der Waals surface area contributed by atoms with Crippen molar-refractivity contribution in [1.82, 2.24) is 9.78 Å². The largest absolute Gasteiger partial charge is 0.396 e. The lowest BCUT2D eigenvalue weighted by Crippen LogP contribution is -2.27. The molecule has 3 nitrogen and oxygen atoms in total. The molecule has 0 aromatic carbocycles. The fourth-order valence-corrected chi connectivity index (χ4v) is 3.79. The maximum Gasteiger partial charge on any atom is 0.0847 e. The van der Waals surface area contributed by atoms with E-state index in [9.17, 15) is 5.11 Å². The van der Waals surface area contributed by atoms with Gasteiger partial charge in [0.05, 0.1) is 16.4 Å². The van der Waals surface area contributed by atoms with Crippen molar-refractivity contribution < 1.29 is 5.11 Å². The van der Waals surface area contributed by atoms with E-state index < -0.39 is 0 Å². The van der Waals surface area contributed by atoms with Crippen LogP contribution in [0.25, 0.3) is 0 Å². The quantitative estimate of drug-likeness (QED) is 0.899. The molecule has 0 spiro atoms. The standard InChI is InChI=1S/C13H19ClN2O/c1-8-12(14)11(16(2)15-8)6-13(7-17)4-9-3-10(9)5-13/h9-10,17H,3-7H2,1-2H3. The van der Waals surface area contributed by atoms with E-state index in [0.717, 1.165) is 47.5 Å². The van der Waals surface area contributed by atoms with Gasteiger partial charge in [-0.15, -0.1) is 0 Å². The van der Waals surface area contributed by atoms with Crippen LogP contribution in [0, 0.1) is 24.2 Å². The topological polar surface area (TPSA) is 38.0 Å². The number of aliphatic hydroxyl groups excluding tert-OH is 1. The van der Waals surface area contributed by atoms with Gasteiger partial charge in [0.1, 0.15) is 0 Å². The molecule has 1 aromatic heterocycles. The molecule has 0 aliphatic heterocycles. The second-order valence-electron chi connectivity index (χ2n) is 5.97. The summed E-state index contributed by atoms with van der Waals surface area (Å²) in [6, 6.07) is 0. The highest BCUT2D eigenvalue weighted by molar-refractivity contribution is 6.31. The maximum atomic E-state index is 9.73. The van der Waals surface area contributed by atoms with Crippen molar-refractivity contribution in [2.24, 2.45) is 24.3 Å². The van der Waals surface area contributed by atoms with Crippen molar-refractivity contribution in [1.29, 1.82) is 0 Å². The molecule has 1 heterocycles. The number of aromatic nitrogens is 2. The fourth-order valence-electron chi connectivity index (χ4n) is 3.56. The van der Waals surface area contributed by atoms with Crippen molar-refractivity contribution in [3.63, 3.8) is 0 Å². The van der Waals surface area contributed by atoms with E-state index in [1.54, 1.807) is 0 Å². The SMILES string of the molecule is Cc1nn(C)c(CC2(CO)CC3CC3C2)c1Cl. The summed E-state index contributed by atoms with van der Waals surface area (Å²) in [7, 11) is 1.94. The molecule has 3 rings (SSSR count). The Balaban J connectivity index is 1.85. The Bertz CT molecular complexity index is 445. The minimum atomic E-state index is 0.0669. The van der Waals surface area contributed by atoms with Crippen LogP contribution in [0.15, 0.2) is 0 Å². The van der Waals surface area contributed by atoms with Crippen LogP contribution in [-0.4, -0.2) is 21.5 Å². The molecule has 0 amide bonds. The first kappa shape index (κ1) is 11.5. The molecule has 2 aliphatic carbocycles. The Hall–Kier alpha value is -0.540. The van der Waals surface area contributed by atoms with Gasteiger partial charge in [-0.3, -0.25) is 4.68 Å². The average Bonchev–Trinajstić information content (AvgIpc) is 2.85. The molecule has 0 bridgehead atoms. The number of nitrogens with zero attached hydrogens (tertiary/aromatic N) is 2. The summed E-state index contributed by atoms with van der Waals surface area (Å²) < 4.78 is 1.87. The van der Waals surface area contributed by atoms with Crippen LogP contribution >= 0.6 is 11.6 Å². The molecule has 1 N–H and O–H groups in total. The molecule has 2 unspecified atom stereocenters. The van der Waals surface area contributed by atoms with Crippen LogP contribution in [0.5, 0.6) is 0 Å². The van der Waals surface area contributed by atoms with E-state index in [4.69, 9.17) is 11.6 Å². The van der Waals surface area contributed by atoms with Crippen molar-refractivity contribution in [2.75, 3.05) is 6.61 Å². The Labute approximate surface area is 107 Å². The Morgan fingerprint density at radius 3 is 2.59 bits per heavy atom. The normalized spacial score (nSPS) is 35.1. The smallest absolute Gasteiger partial charge is 0.0847 e. The van der Waals surface area contributed by atoms with Gasteiger partial charge in [0.25, 0.3) is 0 Å². The number of halogens is 1. The van der Waals surface area contributed by atoms with Gasteiger partial charge in [-0.2, -0.15) is 5.10 Å². The first-order chi connectivity index (χ1) is 8.04. The van der Waals surface area contributed by atoms with Crippen LogP contribution in [0.3, 0.4) is 0 Å². The third-order valence-corrected chi connectivity index (χ3v) is 5.09. The highest BCUT2D eigenvalue weighted by atomic mass is 35.5. The molecule has 0 saturated heterocycles. The number of hydrogen-bond donors (Lipinski definition) is 1. The number of fused-ring (bicyclic) bond motifs is 1. The van der Waals surface area contributed by atoms with Crippen LogP contribution in [-0.2, 0) is 13.5 Å². The van der Waals surface area contributed by atoms with E-state index in [2.05, 4.69) is 5.10 Å². The van der Waals surface area contributed by atoms with Gasteiger partial charge < -0.3 is 5.11 Å². The van der Waals surface area contributed by atoms with Crippen LogP contribution < -0.4 is 0 Å². The molecule has 94 valence electrons. The summed E-state index contributed by atoms with van der Waals surface area (Å²) in [5.74, 6) is 1.74. The van der Waals surface area contributed by atoms with Crippen molar-refractivity contribution in [3.05, 3.63) is 16.4 Å². The summed E-state index contributed by atoms with van der Waals surface area (Å²) in [5, 5.41) is 14.9. The van der Waals surface area contributed by atoms with Crippen molar-refractivity contribution in [3.8, 4) is 0 Å². The Kier molecular flexibility index (Phi) is 2.53. The van der Waals surface area contributed by atoms with E-state index in [1.165, 1.54) is 6.42 Å². The molecule has 0 radical (unpaired) electrons. The Morgan fingerprint density at radius 2 is 2.12 bits per heavy atom. The number of aryl methyl sites for hydroxylation is 2. The second kappa shape index (κ2) is 3.72. The predicted molar refractivity (Wildman–Crippen MR) is 67.0 cm³/mol. The van der Waals surface area contributed by atoms with Gasteiger partial charge in [-0.25, -0.2) is 0 Å². The molecular weight excluding hydrogens is 236 g/mol. The van der Waals surface area contributed by atoms with E-state index >= 15 is 0 Å². The summed E-state index contributed by atoms with van der Waals surface area (Å²) in [4.78, 5) is 0. The van der Waals surface area contributed by atoms with E-state index in [1.807, 2.05) is 18.7 Å². The zero-order valence-electron chi connectivity index (χ0n) is 10.4. The van der Waals surface area contributed by atoms with Crippen LogP contribution in [0.2, 0.25) is 5.02 Å². The van der Waals surface area contributed by atoms with E-state index in [0.29, 0.717) is 0 Å². The maximum absolute atomic E-state index is 9.73. The zero-order valence-corrected chi connectivity index (χ0v) is 11.2. The first-order valence-electron chi connectivity index (χ1n) is 6.33. The van der Waals surface area contributed by atoms with Gasteiger partial charge in [0, 0.05) is 13.7 Å². The molecular formula is C13H19ClN2O. The zero-order chi connectivity index (χ0) is 12.2. The molecule has 4 heteroatoms. The summed E-state index contributed by atoms with van der Waals surface area (Å²) in [6.07, 6.45) is 4.57. The fraction of sp³-hybridized carbons (Fsp3) is 0.769. The first-order valence-corrected chi connectivity index (χ1v) is 6.71. The van der Waals surface area contributed by atoms with Crippen LogP contribution in [0.4, 0.5) is 0 Å².